The fourth-order valence-electron chi connectivity index (χ4n) is 2.44. The molecule has 0 unspecified atom stereocenters. The lowest BCUT2D eigenvalue weighted by atomic mass is 10.1. The molecule has 26 heavy (non-hydrogen) atoms. The van der Waals surface area contributed by atoms with Gasteiger partial charge in [-0.3, -0.25) is 4.79 Å². The fraction of sp³-hybridized carbons (Fsp3) is 0.150. The Bertz CT molecular complexity index is 853. The van der Waals surface area contributed by atoms with E-state index in [-0.39, 0.29) is 17.4 Å². The topological polar surface area (TPSA) is 66.9 Å². The second kappa shape index (κ2) is 8.71. The molecule has 0 fully saturated rings. The molecule has 2 N–H and O–H groups in total. The van der Waals surface area contributed by atoms with E-state index in [4.69, 9.17) is 0 Å². The lowest BCUT2D eigenvalue weighted by Gasteiger charge is -2.07. The second-order valence-electron chi connectivity index (χ2n) is 5.74. The second-order valence-corrected chi connectivity index (χ2v) is 5.74. The zero-order valence-electron chi connectivity index (χ0n) is 14.2. The molecule has 0 atom stereocenters. The Labute approximate surface area is 151 Å². The summed E-state index contributed by atoms with van der Waals surface area (Å²) in [6.45, 7) is 0.560. The number of hydrogen-bond donors (Lipinski definition) is 2. The molecule has 0 bridgehead atoms. The maximum absolute atomic E-state index is 13.6. The Morgan fingerprint density at radius 1 is 0.962 bits per heavy atom. The van der Waals surface area contributed by atoms with Gasteiger partial charge < -0.3 is 10.6 Å². The first-order valence-corrected chi connectivity index (χ1v) is 8.38. The van der Waals surface area contributed by atoms with Crippen LogP contribution in [0.5, 0.6) is 0 Å². The van der Waals surface area contributed by atoms with Crippen LogP contribution in [0.3, 0.4) is 0 Å². The number of aromatic nitrogens is 2. The van der Waals surface area contributed by atoms with Crippen molar-refractivity contribution < 1.29 is 9.18 Å². The molecule has 1 amide bonds. The minimum absolute atomic E-state index is 0.226. The molecule has 2 aromatic carbocycles. The number of nitrogens with one attached hydrogen (secondary N) is 2. The fourth-order valence-corrected chi connectivity index (χ4v) is 2.44. The average Bonchev–Trinajstić information content (AvgIpc) is 2.68. The van der Waals surface area contributed by atoms with Gasteiger partial charge in [0.25, 0.3) is 5.91 Å². The zero-order valence-corrected chi connectivity index (χ0v) is 14.2. The third-order valence-corrected chi connectivity index (χ3v) is 3.79. The molecule has 0 radical (unpaired) electrons. The van der Waals surface area contributed by atoms with Crippen molar-refractivity contribution in [2.45, 2.75) is 12.8 Å². The summed E-state index contributed by atoms with van der Waals surface area (Å²) in [6, 6.07) is 16.4. The lowest BCUT2D eigenvalue weighted by Crippen LogP contribution is -2.25. The predicted octanol–water partition coefficient (Wildman–Crippen LogP) is 3.72. The maximum Gasteiger partial charge on any atom is 0.271 e. The first-order valence-electron chi connectivity index (χ1n) is 8.38. The number of rotatable bonds is 7. The van der Waals surface area contributed by atoms with Crippen molar-refractivity contribution in [3.63, 3.8) is 0 Å². The maximum atomic E-state index is 13.6. The number of nitrogens with zero attached hydrogens (tertiary/aromatic N) is 2. The van der Waals surface area contributed by atoms with Crippen LogP contribution in [0.25, 0.3) is 0 Å². The summed E-state index contributed by atoms with van der Waals surface area (Å²) in [5.74, 6) is -0.284. The summed E-state index contributed by atoms with van der Waals surface area (Å²) in [5.41, 5.74) is 1.77. The molecule has 6 heteroatoms. The Morgan fingerprint density at radius 3 is 2.46 bits per heavy atom. The Hall–Kier alpha value is -3.28. The van der Waals surface area contributed by atoms with Gasteiger partial charge >= 0.3 is 0 Å². The van der Waals surface area contributed by atoms with Crippen molar-refractivity contribution in [1.29, 1.82) is 0 Å². The summed E-state index contributed by atoms with van der Waals surface area (Å²) in [6.07, 6.45) is 4.52. The van der Waals surface area contributed by atoms with Crippen LogP contribution in [0.2, 0.25) is 0 Å². The number of aryl methyl sites for hydroxylation is 1. The highest BCUT2D eigenvalue weighted by Crippen LogP contribution is 2.17. The average molecular weight is 350 g/mol. The highest BCUT2D eigenvalue weighted by Gasteiger charge is 2.08. The third kappa shape index (κ3) is 4.86. The van der Waals surface area contributed by atoms with Crippen LogP contribution in [-0.4, -0.2) is 22.4 Å². The molecule has 3 aromatic rings. The number of hydrogen-bond acceptors (Lipinski definition) is 4. The van der Waals surface area contributed by atoms with Crippen LogP contribution in [0, 0.1) is 5.82 Å². The van der Waals surface area contributed by atoms with Crippen LogP contribution in [0.4, 0.5) is 15.9 Å². The van der Waals surface area contributed by atoms with Crippen molar-refractivity contribution >= 4 is 17.4 Å². The van der Waals surface area contributed by atoms with Gasteiger partial charge in [-0.25, -0.2) is 14.4 Å². The largest absolute Gasteiger partial charge is 0.351 e. The number of anilines is 2. The highest BCUT2D eigenvalue weighted by atomic mass is 19.1. The van der Waals surface area contributed by atoms with E-state index in [1.54, 1.807) is 18.2 Å². The minimum atomic E-state index is -0.380. The van der Waals surface area contributed by atoms with Gasteiger partial charge in [-0.15, -0.1) is 0 Å². The summed E-state index contributed by atoms with van der Waals surface area (Å²) >= 11 is 0. The van der Waals surface area contributed by atoms with E-state index in [9.17, 15) is 9.18 Å². The monoisotopic (exact) mass is 350 g/mol. The van der Waals surface area contributed by atoms with Crippen LogP contribution in [0.15, 0.2) is 67.0 Å². The Morgan fingerprint density at radius 2 is 1.73 bits per heavy atom. The summed E-state index contributed by atoms with van der Waals surface area (Å²) < 4.78 is 13.6. The van der Waals surface area contributed by atoms with Gasteiger partial charge in [0.1, 0.15) is 17.3 Å². The van der Waals surface area contributed by atoms with E-state index in [1.165, 1.54) is 24.0 Å². The standard InChI is InChI=1S/C20H19FN4O/c21-16-10-4-5-11-17(16)25-19-14-23-18(13-24-19)20(26)22-12-6-9-15-7-2-1-3-8-15/h1-5,7-8,10-11,13-14H,6,9,12H2,(H,22,26)(H,24,25). The van der Waals surface area contributed by atoms with Crippen LogP contribution < -0.4 is 10.6 Å². The van der Waals surface area contributed by atoms with E-state index < -0.39 is 0 Å². The van der Waals surface area contributed by atoms with Gasteiger partial charge in [0, 0.05) is 6.54 Å². The van der Waals surface area contributed by atoms with Gasteiger partial charge in [-0.1, -0.05) is 42.5 Å². The first-order chi connectivity index (χ1) is 12.7. The van der Waals surface area contributed by atoms with Gasteiger partial charge in [0.05, 0.1) is 18.1 Å². The number of para-hydroxylation sites is 1. The molecule has 0 spiro atoms. The zero-order chi connectivity index (χ0) is 18.2. The van der Waals surface area contributed by atoms with Crippen molar-refractivity contribution in [3.8, 4) is 0 Å². The van der Waals surface area contributed by atoms with Gasteiger partial charge in [-0.2, -0.15) is 0 Å². The van der Waals surface area contributed by atoms with E-state index >= 15 is 0 Å². The van der Waals surface area contributed by atoms with Crippen LogP contribution in [0.1, 0.15) is 22.5 Å². The normalized spacial score (nSPS) is 10.3. The van der Waals surface area contributed by atoms with E-state index in [2.05, 4.69) is 32.7 Å². The van der Waals surface area contributed by atoms with Gasteiger partial charge in [0.15, 0.2) is 0 Å². The van der Waals surface area contributed by atoms with Gasteiger partial charge in [-0.05, 0) is 30.5 Å². The number of carbonyl (C=O) groups excluding carboxylic acids is 1. The molecule has 1 heterocycles. The molecule has 3 rings (SSSR count). The summed E-state index contributed by atoms with van der Waals surface area (Å²) in [5, 5.41) is 5.65. The minimum Gasteiger partial charge on any atom is -0.351 e. The van der Waals surface area contributed by atoms with Crippen molar-refractivity contribution in [2.75, 3.05) is 11.9 Å². The predicted molar refractivity (Wildman–Crippen MR) is 98.8 cm³/mol. The molecule has 0 aliphatic heterocycles. The molecule has 0 aliphatic carbocycles. The highest BCUT2D eigenvalue weighted by molar-refractivity contribution is 5.92. The quantitative estimate of drug-likeness (QED) is 0.637. The van der Waals surface area contributed by atoms with E-state index in [0.717, 1.165) is 12.8 Å². The number of benzene rings is 2. The van der Waals surface area contributed by atoms with E-state index in [0.29, 0.717) is 18.1 Å². The molecule has 1 aromatic heterocycles. The number of halogens is 1. The molecular weight excluding hydrogens is 331 g/mol. The third-order valence-electron chi connectivity index (χ3n) is 3.79. The number of carbonyl (C=O) groups is 1. The molecule has 0 aliphatic rings. The Kier molecular flexibility index (Phi) is 5.88. The molecular formula is C20H19FN4O. The first kappa shape index (κ1) is 17.5. The molecule has 5 nitrogen and oxygen atoms in total. The van der Waals surface area contributed by atoms with Crippen LogP contribution >= 0.6 is 0 Å². The smallest absolute Gasteiger partial charge is 0.271 e. The van der Waals surface area contributed by atoms with Crippen molar-refractivity contribution in [3.05, 3.63) is 84.1 Å². The summed E-state index contributed by atoms with van der Waals surface area (Å²) in [7, 11) is 0. The SMILES string of the molecule is O=C(NCCCc1ccccc1)c1cnc(Nc2ccccc2F)cn1. The molecule has 132 valence electrons. The van der Waals surface area contributed by atoms with Crippen LogP contribution in [-0.2, 0) is 6.42 Å². The van der Waals surface area contributed by atoms with Gasteiger partial charge in [0.2, 0.25) is 0 Å². The lowest BCUT2D eigenvalue weighted by molar-refractivity contribution is 0.0948. The van der Waals surface area contributed by atoms with E-state index in [1.807, 2.05) is 18.2 Å². The molecule has 0 saturated carbocycles. The Balaban J connectivity index is 1.48. The van der Waals surface area contributed by atoms with Crippen molar-refractivity contribution in [2.24, 2.45) is 0 Å². The summed E-state index contributed by atoms with van der Waals surface area (Å²) in [4.78, 5) is 20.3. The molecule has 0 saturated heterocycles. The van der Waals surface area contributed by atoms with Crippen molar-refractivity contribution in [1.82, 2.24) is 15.3 Å². The number of amides is 1.